The summed E-state index contributed by atoms with van der Waals surface area (Å²) in [6.07, 6.45) is 3.17. The van der Waals surface area contributed by atoms with E-state index in [1.54, 1.807) is 11.0 Å². The van der Waals surface area contributed by atoms with Gasteiger partial charge in [0.25, 0.3) is 0 Å². The molecule has 14 heteroatoms. The van der Waals surface area contributed by atoms with Gasteiger partial charge in [-0.15, -0.1) is 11.3 Å². The predicted octanol–water partition coefficient (Wildman–Crippen LogP) is 1.58. The second-order valence-electron chi connectivity index (χ2n) is 12.2. The summed E-state index contributed by atoms with van der Waals surface area (Å²) in [5.41, 5.74) is 6.36. The van der Waals surface area contributed by atoms with E-state index in [9.17, 15) is 14.9 Å². The Labute approximate surface area is 268 Å². The Morgan fingerprint density at radius 3 is 2.62 bits per heavy atom. The average molecular weight is 635 g/mol. The van der Waals surface area contributed by atoms with Gasteiger partial charge in [0.15, 0.2) is 5.84 Å². The molecule has 2 atom stereocenters. The second kappa shape index (κ2) is 13.5. The quantitative estimate of drug-likeness (QED) is 0.220. The van der Waals surface area contributed by atoms with Crippen LogP contribution in [0.5, 0.6) is 6.01 Å². The number of hydrogen-bond acceptors (Lipinski definition) is 12. The van der Waals surface area contributed by atoms with Crippen molar-refractivity contribution in [3.8, 4) is 12.1 Å². The number of amidine groups is 1. The largest absolute Gasteiger partial charge is 0.459 e. The number of carbonyl (C=O) groups is 2. The van der Waals surface area contributed by atoms with Gasteiger partial charge < -0.3 is 30.5 Å². The predicted molar refractivity (Wildman–Crippen MR) is 174 cm³/mol. The first kappa shape index (κ1) is 32.3. The standard InChI is InChI=1S/C31H42N10O3S/c1-5-25(42)41-15-13-40(14-16-41)24-17-22(35-30(36-24)44-20(2)19-39-11-9-38(4)10-12-39)27(33)37-29(43)31(3)8-6-7-23-26(31)21(18-32)28(34)45-23/h5,17,20H,1,6-16,19,34H2,2-4H3,(H2,33,37,43)/t20?,31-/m0/s1. The van der Waals surface area contributed by atoms with Crippen LogP contribution >= 0.6 is 11.3 Å². The summed E-state index contributed by atoms with van der Waals surface area (Å²) < 4.78 is 6.22. The summed E-state index contributed by atoms with van der Waals surface area (Å²) in [6.45, 7) is 14.0. The second-order valence-corrected chi connectivity index (χ2v) is 13.3. The summed E-state index contributed by atoms with van der Waals surface area (Å²) in [6, 6.07) is 3.98. The monoisotopic (exact) mass is 634 g/mol. The Balaban J connectivity index is 1.37. The van der Waals surface area contributed by atoms with Gasteiger partial charge in [-0.25, -0.2) is 0 Å². The van der Waals surface area contributed by atoms with Crippen molar-refractivity contribution < 1.29 is 14.3 Å². The number of aromatic nitrogens is 2. The maximum absolute atomic E-state index is 13.8. The van der Waals surface area contributed by atoms with Crippen LogP contribution in [0.4, 0.5) is 10.8 Å². The van der Waals surface area contributed by atoms with E-state index in [-0.39, 0.29) is 35.5 Å². The van der Waals surface area contributed by atoms with E-state index in [0.29, 0.717) is 61.1 Å². The van der Waals surface area contributed by atoms with E-state index < -0.39 is 5.41 Å². The minimum absolute atomic E-state index is 0.115. The number of likely N-dealkylation sites (N-methyl/N-ethyl adjacent to an activating group) is 1. The molecule has 2 amide bonds. The molecule has 1 aliphatic carbocycles. The summed E-state index contributed by atoms with van der Waals surface area (Å²) in [7, 11) is 2.12. The Hall–Kier alpha value is -4.06. The number of nitrogens with one attached hydrogen (secondary N) is 2. The smallest absolute Gasteiger partial charge is 0.319 e. The number of fused-ring (bicyclic) bond motifs is 1. The molecule has 2 fully saturated rings. The Morgan fingerprint density at radius 2 is 1.96 bits per heavy atom. The zero-order valence-electron chi connectivity index (χ0n) is 26.3. The van der Waals surface area contributed by atoms with Crippen molar-refractivity contribution in [2.45, 2.75) is 44.6 Å². The highest BCUT2D eigenvalue weighted by atomic mass is 32.1. The van der Waals surface area contributed by atoms with Gasteiger partial charge in [0, 0.05) is 75.4 Å². The number of nitrogen functional groups attached to an aromatic ring is 1. The van der Waals surface area contributed by atoms with E-state index in [4.69, 9.17) is 20.9 Å². The normalized spacial score (nSPS) is 21.4. The third-order valence-corrected chi connectivity index (χ3v) is 10.0. The van der Waals surface area contributed by atoms with Gasteiger partial charge in [-0.2, -0.15) is 15.2 Å². The van der Waals surface area contributed by atoms with Gasteiger partial charge in [-0.1, -0.05) is 6.58 Å². The van der Waals surface area contributed by atoms with Crippen LogP contribution in [0.15, 0.2) is 18.7 Å². The molecule has 0 aromatic carbocycles. The van der Waals surface area contributed by atoms with Gasteiger partial charge >= 0.3 is 6.01 Å². The Kier molecular flexibility index (Phi) is 9.71. The number of amides is 2. The van der Waals surface area contributed by atoms with Crippen molar-refractivity contribution >= 4 is 39.8 Å². The molecule has 0 spiro atoms. The molecule has 2 saturated heterocycles. The van der Waals surface area contributed by atoms with Gasteiger partial charge in [0.05, 0.1) is 11.0 Å². The molecule has 0 saturated carbocycles. The highest BCUT2D eigenvalue weighted by Gasteiger charge is 2.43. The number of anilines is 2. The molecule has 0 bridgehead atoms. The molecule has 2 aromatic rings. The lowest BCUT2D eigenvalue weighted by Crippen LogP contribution is -2.49. The molecule has 4 heterocycles. The number of rotatable bonds is 8. The van der Waals surface area contributed by atoms with Crippen molar-refractivity contribution in [2.24, 2.45) is 0 Å². The maximum Gasteiger partial charge on any atom is 0.319 e. The molecule has 13 nitrogen and oxygen atoms in total. The van der Waals surface area contributed by atoms with E-state index in [0.717, 1.165) is 43.9 Å². The fourth-order valence-electron chi connectivity index (χ4n) is 6.29. The van der Waals surface area contributed by atoms with Crippen molar-refractivity contribution in [1.29, 1.82) is 10.7 Å². The summed E-state index contributed by atoms with van der Waals surface area (Å²) in [5, 5.41) is 21.9. The first-order valence-electron chi connectivity index (χ1n) is 15.4. The summed E-state index contributed by atoms with van der Waals surface area (Å²) in [5.74, 6) is -0.133. The highest BCUT2D eigenvalue weighted by molar-refractivity contribution is 7.16. The number of nitriles is 1. The molecule has 2 aliphatic heterocycles. The first-order valence-corrected chi connectivity index (χ1v) is 16.2. The number of thiophene rings is 1. The van der Waals surface area contributed by atoms with Crippen LogP contribution in [-0.4, -0.2) is 114 Å². The molecule has 5 rings (SSSR count). The summed E-state index contributed by atoms with van der Waals surface area (Å²) >= 11 is 1.36. The third kappa shape index (κ3) is 6.95. The number of piperazine rings is 2. The number of nitrogens with two attached hydrogens (primary N) is 1. The number of carbonyl (C=O) groups excluding carboxylic acids is 2. The molecule has 3 aliphatic rings. The molecule has 4 N–H and O–H groups in total. The zero-order chi connectivity index (χ0) is 32.3. The molecule has 45 heavy (non-hydrogen) atoms. The van der Waals surface area contributed by atoms with Gasteiger partial charge in [-0.3, -0.25) is 19.9 Å². The highest BCUT2D eigenvalue weighted by Crippen LogP contribution is 2.45. The van der Waals surface area contributed by atoms with Crippen LogP contribution in [-0.2, 0) is 21.4 Å². The topological polar surface area (TPSA) is 168 Å². The zero-order valence-corrected chi connectivity index (χ0v) is 27.1. The van der Waals surface area contributed by atoms with E-state index >= 15 is 0 Å². The van der Waals surface area contributed by atoms with Gasteiger partial charge in [0.2, 0.25) is 11.8 Å². The fraction of sp³-hybridized carbons (Fsp3) is 0.548. The van der Waals surface area contributed by atoms with E-state index in [2.05, 4.69) is 39.8 Å². The Bertz CT molecular complexity index is 1500. The minimum atomic E-state index is -1.01. The minimum Gasteiger partial charge on any atom is -0.459 e. The molecule has 1 unspecified atom stereocenters. The first-order chi connectivity index (χ1) is 21.5. The van der Waals surface area contributed by atoms with Gasteiger partial charge in [0.1, 0.15) is 28.7 Å². The van der Waals surface area contributed by atoms with Crippen LogP contribution in [0, 0.1) is 16.7 Å². The van der Waals surface area contributed by atoms with Crippen molar-refractivity contribution in [3.05, 3.63) is 40.4 Å². The fourth-order valence-corrected chi connectivity index (χ4v) is 7.48. The van der Waals surface area contributed by atoms with Crippen LogP contribution in [0.1, 0.15) is 48.4 Å². The SMILES string of the molecule is C=CC(=O)N1CCN(c2cc(C(=N)NC(=O)[C@@]3(C)CCCc4sc(N)c(C#N)c43)nc(OC(C)CN3CCN(C)CC3)n2)CC1. The maximum atomic E-state index is 13.8. The van der Waals surface area contributed by atoms with Crippen molar-refractivity contribution in [3.63, 3.8) is 0 Å². The lowest BCUT2D eigenvalue weighted by molar-refractivity contribution is -0.126. The van der Waals surface area contributed by atoms with Crippen LogP contribution in [0.2, 0.25) is 0 Å². The van der Waals surface area contributed by atoms with E-state index in [1.165, 1.54) is 17.4 Å². The van der Waals surface area contributed by atoms with Crippen molar-refractivity contribution in [1.82, 2.24) is 30.0 Å². The number of aryl methyl sites for hydroxylation is 1. The number of hydrogen-bond donors (Lipinski definition) is 3. The lowest BCUT2D eigenvalue weighted by Gasteiger charge is -2.35. The number of ether oxygens (including phenoxy) is 1. The van der Waals surface area contributed by atoms with Crippen molar-refractivity contribution in [2.75, 3.05) is 76.6 Å². The van der Waals surface area contributed by atoms with Gasteiger partial charge in [-0.05, 0) is 46.2 Å². The molecular weight excluding hydrogens is 592 g/mol. The van der Waals surface area contributed by atoms with Crippen LogP contribution < -0.4 is 20.7 Å². The average Bonchev–Trinajstić information content (AvgIpc) is 3.37. The number of nitrogens with zero attached hydrogens (tertiary/aromatic N) is 7. The van der Waals surface area contributed by atoms with Crippen LogP contribution in [0.3, 0.4) is 0 Å². The molecule has 2 aromatic heterocycles. The summed E-state index contributed by atoms with van der Waals surface area (Å²) in [4.78, 5) is 44.6. The molecule has 240 valence electrons. The van der Waals surface area contributed by atoms with E-state index in [1.807, 2.05) is 18.7 Å². The molecular formula is C31H42N10O3S. The Morgan fingerprint density at radius 1 is 1.24 bits per heavy atom. The van der Waals surface area contributed by atoms with Crippen LogP contribution in [0.25, 0.3) is 0 Å². The molecule has 0 radical (unpaired) electrons. The lowest BCUT2D eigenvalue weighted by atomic mass is 9.72. The third-order valence-electron chi connectivity index (χ3n) is 8.95.